The number of nitrogens with one attached hydrogen (secondary N) is 1. The Morgan fingerprint density at radius 2 is 2.15 bits per heavy atom. The molecule has 0 fully saturated rings. The van der Waals surface area contributed by atoms with E-state index in [2.05, 4.69) is 60.2 Å². The summed E-state index contributed by atoms with van der Waals surface area (Å²) in [5.74, 6) is 0. The van der Waals surface area contributed by atoms with E-state index in [1.54, 1.807) is 0 Å². The molecule has 0 radical (unpaired) electrons. The highest BCUT2D eigenvalue weighted by molar-refractivity contribution is 9.10. The minimum absolute atomic E-state index is 0.441. The highest BCUT2D eigenvalue weighted by atomic mass is 79.9. The van der Waals surface area contributed by atoms with Gasteiger partial charge in [0.15, 0.2) is 0 Å². The molecule has 0 heterocycles. The first-order chi connectivity index (χ1) is 6.15. The Morgan fingerprint density at radius 1 is 1.46 bits per heavy atom. The molecule has 0 spiro atoms. The maximum absolute atomic E-state index is 3.50. The van der Waals surface area contributed by atoms with Gasteiger partial charge < -0.3 is 5.32 Å². The van der Waals surface area contributed by atoms with Crippen LogP contribution in [0.3, 0.4) is 0 Å². The van der Waals surface area contributed by atoms with Crippen molar-refractivity contribution in [1.29, 1.82) is 0 Å². The van der Waals surface area contributed by atoms with Gasteiger partial charge in [0.1, 0.15) is 0 Å². The Kier molecular flexibility index (Phi) is 3.94. The Balaban J connectivity index is 2.84. The lowest BCUT2D eigenvalue weighted by Crippen LogP contribution is -2.17. The number of halogens is 1. The van der Waals surface area contributed by atoms with Crippen molar-refractivity contribution in [2.75, 3.05) is 6.54 Å². The summed E-state index contributed by atoms with van der Waals surface area (Å²) in [7, 11) is 0. The largest absolute Gasteiger partial charge is 0.310 e. The third-order valence-corrected chi connectivity index (χ3v) is 3.08. The van der Waals surface area contributed by atoms with Crippen molar-refractivity contribution in [3.8, 4) is 0 Å². The molecular formula is C11H16BrN. The number of aryl methyl sites for hydroxylation is 1. The number of benzene rings is 1. The summed E-state index contributed by atoms with van der Waals surface area (Å²) in [5.41, 5.74) is 2.64. The molecule has 1 nitrogen and oxygen atoms in total. The smallest absolute Gasteiger partial charge is 0.0291 e. The maximum atomic E-state index is 3.50. The first-order valence-electron chi connectivity index (χ1n) is 4.64. The third kappa shape index (κ3) is 2.82. The molecule has 0 aliphatic carbocycles. The Labute approximate surface area is 88.7 Å². The summed E-state index contributed by atoms with van der Waals surface area (Å²) in [6.45, 7) is 7.44. The average Bonchev–Trinajstić information content (AvgIpc) is 2.10. The summed E-state index contributed by atoms with van der Waals surface area (Å²) >= 11 is 3.50. The van der Waals surface area contributed by atoms with Crippen molar-refractivity contribution in [3.63, 3.8) is 0 Å². The molecule has 0 saturated carbocycles. The molecule has 1 aromatic rings. The lowest BCUT2D eigenvalue weighted by Gasteiger charge is -2.13. The zero-order valence-corrected chi connectivity index (χ0v) is 9.98. The number of rotatable bonds is 3. The van der Waals surface area contributed by atoms with Gasteiger partial charge in [-0.2, -0.15) is 0 Å². The highest BCUT2D eigenvalue weighted by Gasteiger charge is 2.04. The van der Waals surface area contributed by atoms with Gasteiger partial charge >= 0.3 is 0 Å². The van der Waals surface area contributed by atoms with E-state index in [4.69, 9.17) is 0 Å². The average molecular weight is 242 g/mol. The van der Waals surface area contributed by atoms with Crippen molar-refractivity contribution in [2.24, 2.45) is 0 Å². The summed E-state index contributed by atoms with van der Waals surface area (Å²) in [6.07, 6.45) is 0. The predicted molar refractivity (Wildman–Crippen MR) is 61.0 cm³/mol. The molecule has 13 heavy (non-hydrogen) atoms. The van der Waals surface area contributed by atoms with Crippen LogP contribution in [0.4, 0.5) is 0 Å². The molecule has 0 aliphatic heterocycles. The van der Waals surface area contributed by atoms with Crippen LogP contribution in [0.25, 0.3) is 0 Å². The van der Waals surface area contributed by atoms with E-state index in [1.807, 2.05) is 0 Å². The van der Waals surface area contributed by atoms with E-state index in [0.717, 1.165) is 6.54 Å². The monoisotopic (exact) mass is 241 g/mol. The van der Waals surface area contributed by atoms with Gasteiger partial charge in [-0.1, -0.05) is 35.0 Å². The molecule has 72 valence electrons. The summed E-state index contributed by atoms with van der Waals surface area (Å²) in [4.78, 5) is 0. The molecule has 0 aromatic heterocycles. The van der Waals surface area contributed by atoms with Crippen LogP contribution in [0.2, 0.25) is 0 Å². The van der Waals surface area contributed by atoms with Crippen molar-refractivity contribution in [2.45, 2.75) is 26.8 Å². The van der Waals surface area contributed by atoms with Gasteiger partial charge in [-0.15, -0.1) is 0 Å². The summed E-state index contributed by atoms with van der Waals surface area (Å²) in [5, 5.41) is 3.39. The normalized spacial score (nSPS) is 12.9. The second-order valence-corrected chi connectivity index (χ2v) is 4.14. The zero-order chi connectivity index (χ0) is 9.84. The lowest BCUT2D eigenvalue weighted by atomic mass is 10.1. The van der Waals surface area contributed by atoms with Crippen molar-refractivity contribution in [3.05, 3.63) is 33.8 Å². The van der Waals surface area contributed by atoms with Crippen molar-refractivity contribution in [1.82, 2.24) is 5.32 Å². The van der Waals surface area contributed by atoms with Gasteiger partial charge in [0.05, 0.1) is 0 Å². The predicted octanol–water partition coefficient (Wildman–Crippen LogP) is 3.43. The highest BCUT2D eigenvalue weighted by Crippen LogP contribution is 2.20. The van der Waals surface area contributed by atoms with E-state index in [0.29, 0.717) is 6.04 Å². The van der Waals surface area contributed by atoms with E-state index >= 15 is 0 Å². The second kappa shape index (κ2) is 4.77. The van der Waals surface area contributed by atoms with Gasteiger partial charge in [-0.05, 0) is 37.6 Å². The van der Waals surface area contributed by atoms with Crippen LogP contribution >= 0.6 is 15.9 Å². The van der Waals surface area contributed by atoms with Gasteiger partial charge in [-0.25, -0.2) is 0 Å². The maximum Gasteiger partial charge on any atom is 0.0291 e. The topological polar surface area (TPSA) is 12.0 Å². The summed E-state index contributed by atoms with van der Waals surface area (Å²) < 4.78 is 1.18. The molecule has 0 aliphatic rings. The fraction of sp³-hybridized carbons (Fsp3) is 0.455. The molecule has 1 unspecified atom stereocenters. The Bertz CT molecular complexity index is 283. The van der Waals surface area contributed by atoms with E-state index in [-0.39, 0.29) is 0 Å². The van der Waals surface area contributed by atoms with Gasteiger partial charge in [0.2, 0.25) is 0 Å². The van der Waals surface area contributed by atoms with Crippen molar-refractivity contribution >= 4 is 15.9 Å². The SMILES string of the molecule is CCNC(C)c1ccc(Br)c(C)c1. The first kappa shape index (κ1) is 10.7. The van der Waals surface area contributed by atoms with Gasteiger partial charge in [-0.3, -0.25) is 0 Å². The first-order valence-corrected chi connectivity index (χ1v) is 5.44. The van der Waals surface area contributed by atoms with Crippen LogP contribution in [0.15, 0.2) is 22.7 Å². The quantitative estimate of drug-likeness (QED) is 0.856. The molecule has 0 saturated heterocycles. The Morgan fingerprint density at radius 3 is 2.69 bits per heavy atom. The fourth-order valence-electron chi connectivity index (χ4n) is 1.36. The number of hydrogen-bond acceptors (Lipinski definition) is 1. The molecule has 0 amide bonds. The number of hydrogen-bond donors (Lipinski definition) is 1. The molecule has 1 atom stereocenters. The molecular weight excluding hydrogens is 226 g/mol. The van der Waals surface area contributed by atoms with Crippen molar-refractivity contribution < 1.29 is 0 Å². The van der Waals surface area contributed by atoms with E-state index in [9.17, 15) is 0 Å². The Hall–Kier alpha value is -0.340. The fourth-order valence-corrected chi connectivity index (χ4v) is 1.61. The van der Waals surface area contributed by atoms with E-state index < -0.39 is 0 Å². The van der Waals surface area contributed by atoms with Crippen LogP contribution in [0.1, 0.15) is 31.0 Å². The van der Waals surface area contributed by atoms with E-state index in [1.165, 1.54) is 15.6 Å². The minimum Gasteiger partial charge on any atom is -0.310 e. The molecule has 0 bridgehead atoms. The molecule has 1 rings (SSSR count). The van der Waals surface area contributed by atoms with Crippen LogP contribution in [0.5, 0.6) is 0 Å². The van der Waals surface area contributed by atoms with Crippen LogP contribution in [0, 0.1) is 6.92 Å². The third-order valence-electron chi connectivity index (χ3n) is 2.19. The van der Waals surface area contributed by atoms with Gasteiger partial charge in [0.25, 0.3) is 0 Å². The summed E-state index contributed by atoms with van der Waals surface area (Å²) in [6, 6.07) is 6.93. The molecule has 1 aromatic carbocycles. The standard InChI is InChI=1S/C11H16BrN/c1-4-13-9(3)10-5-6-11(12)8(2)7-10/h5-7,9,13H,4H2,1-3H3. The second-order valence-electron chi connectivity index (χ2n) is 3.29. The molecule has 2 heteroatoms. The minimum atomic E-state index is 0.441. The van der Waals surface area contributed by atoms with Gasteiger partial charge in [0, 0.05) is 10.5 Å². The molecule has 1 N–H and O–H groups in total. The van der Waals surface area contributed by atoms with Crippen LogP contribution in [-0.2, 0) is 0 Å². The lowest BCUT2D eigenvalue weighted by molar-refractivity contribution is 0.597. The van der Waals surface area contributed by atoms with Crippen LogP contribution in [-0.4, -0.2) is 6.54 Å². The zero-order valence-electron chi connectivity index (χ0n) is 8.39. The van der Waals surface area contributed by atoms with Crippen LogP contribution < -0.4 is 5.32 Å².